The van der Waals surface area contributed by atoms with Gasteiger partial charge in [-0.15, -0.1) is 0 Å². The van der Waals surface area contributed by atoms with Gasteiger partial charge in [0.25, 0.3) is 0 Å². The molecule has 0 bridgehead atoms. The third kappa shape index (κ3) is 3.55. The lowest BCUT2D eigenvalue weighted by molar-refractivity contribution is 0.106. The van der Waals surface area contributed by atoms with Gasteiger partial charge >= 0.3 is 0 Å². The van der Waals surface area contributed by atoms with E-state index >= 15 is 0 Å². The normalized spacial score (nSPS) is 11.0. The highest BCUT2D eigenvalue weighted by Gasteiger charge is 2.12. The van der Waals surface area contributed by atoms with Crippen LogP contribution in [0.2, 0.25) is 0 Å². The van der Waals surface area contributed by atoms with Crippen molar-refractivity contribution in [2.45, 2.75) is 13.2 Å². The van der Waals surface area contributed by atoms with Gasteiger partial charge in [0, 0.05) is 0 Å². The Balaban J connectivity index is 2.02. The lowest BCUT2D eigenvalue weighted by Gasteiger charge is -2.07. The van der Waals surface area contributed by atoms with Gasteiger partial charge in [-0.05, 0) is 35.4 Å². The Kier molecular flexibility index (Phi) is 4.52. The molecule has 0 atom stereocenters. The molecule has 2 aromatic rings. The quantitative estimate of drug-likeness (QED) is 0.606. The van der Waals surface area contributed by atoms with E-state index in [0.717, 1.165) is 24.3 Å². The zero-order valence-electron chi connectivity index (χ0n) is 10.4. The maximum absolute atomic E-state index is 12.9. The molecule has 0 saturated heterocycles. The van der Waals surface area contributed by atoms with Crippen LogP contribution in [-0.4, -0.2) is 0 Å². The molecule has 7 heteroatoms. The average molecular weight is 306 g/mol. The van der Waals surface area contributed by atoms with Gasteiger partial charge in [0.15, 0.2) is 34.9 Å². The van der Waals surface area contributed by atoms with Gasteiger partial charge in [-0.3, -0.25) is 0 Å². The Bertz CT molecular complexity index is 567. The first-order valence-corrected chi connectivity index (χ1v) is 5.73. The second kappa shape index (κ2) is 6.17. The molecular formula is C14H8F6O. The molecule has 0 aromatic heterocycles. The molecule has 0 radical (unpaired) electrons. The first-order chi connectivity index (χ1) is 9.88. The van der Waals surface area contributed by atoms with Crippen LogP contribution in [0.15, 0.2) is 24.3 Å². The van der Waals surface area contributed by atoms with Gasteiger partial charge in [0.05, 0.1) is 13.2 Å². The molecule has 0 N–H and O–H groups in total. The molecular weight excluding hydrogens is 298 g/mol. The first-order valence-electron chi connectivity index (χ1n) is 5.73. The van der Waals surface area contributed by atoms with Crippen molar-refractivity contribution in [1.29, 1.82) is 0 Å². The first kappa shape index (κ1) is 15.4. The van der Waals surface area contributed by atoms with Crippen molar-refractivity contribution in [3.63, 3.8) is 0 Å². The fraction of sp³-hybridized carbons (Fsp3) is 0.143. The molecule has 0 saturated carbocycles. The van der Waals surface area contributed by atoms with Crippen LogP contribution in [-0.2, 0) is 18.0 Å². The zero-order valence-corrected chi connectivity index (χ0v) is 10.4. The Morgan fingerprint density at radius 1 is 0.571 bits per heavy atom. The second-order valence-electron chi connectivity index (χ2n) is 4.24. The van der Waals surface area contributed by atoms with Gasteiger partial charge < -0.3 is 4.74 Å². The standard InChI is InChI=1S/C14H8F6O/c15-9-1-7(2-10(16)13(9)19)5-21-6-8-3-11(17)14(20)12(18)4-8/h1-4H,5-6H2. The average Bonchev–Trinajstić information content (AvgIpc) is 2.42. The molecule has 2 rings (SSSR count). The van der Waals surface area contributed by atoms with Gasteiger partial charge in [-0.25, -0.2) is 26.3 Å². The summed E-state index contributed by atoms with van der Waals surface area (Å²) >= 11 is 0. The van der Waals surface area contributed by atoms with Crippen molar-refractivity contribution in [3.8, 4) is 0 Å². The number of hydrogen-bond acceptors (Lipinski definition) is 1. The van der Waals surface area contributed by atoms with Crippen LogP contribution in [0.25, 0.3) is 0 Å². The van der Waals surface area contributed by atoms with E-state index in [0.29, 0.717) is 0 Å². The van der Waals surface area contributed by atoms with Crippen molar-refractivity contribution in [2.75, 3.05) is 0 Å². The molecule has 0 fully saturated rings. The van der Waals surface area contributed by atoms with Gasteiger partial charge in [-0.2, -0.15) is 0 Å². The van der Waals surface area contributed by atoms with Gasteiger partial charge in [0.1, 0.15) is 0 Å². The van der Waals surface area contributed by atoms with Gasteiger partial charge in [-0.1, -0.05) is 0 Å². The molecule has 112 valence electrons. The van der Waals surface area contributed by atoms with Crippen molar-refractivity contribution >= 4 is 0 Å². The summed E-state index contributed by atoms with van der Waals surface area (Å²) in [6, 6.07) is 2.96. The molecule has 1 nitrogen and oxygen atoms in total. The Morgan fingerprint density at radius 3 is 1.14 bits per heavy atom. The van der Waals surface area contributed by atoms with Gasteiger partial charge in [0.2, 0.25) is 0 Å². The van der Waals surface area contributed by atoms with E-state index in [1.165, 1.54) is 0 Å². The van der Waals surface area contributed by atoms with E-state index in [2.05, 4.69) is 0 Å². The van der Waals surface area contributed by atoms with Crippen LogP contribution >= 0.6 is 0 Å². The summed E-state index contributed by atoms with van der Waals surface area (Å²) in [4.78, 5) is 0. The summed E-state index contributed by atoms with van der Waals surface area (Å²) in [5.74, 6) is -8.66. The fourth-order valence-electron chi connectivity index (χ4n) is 1.67. The monoisotopic (exact) mass is 306 g/mol. The zero-order chi connectivity index (χ0) is 15.6. The van der Waals surface area contributed by atoms with E-state index in [9.17, 15) is 26.3 Å². The summed E-state index contributed by atoms with van der Waals surface area (Å²) in [6.45, 7) is -0.622. The summed E-state index contributed by atoms with van der Waals surface area (Å²) in [6.07, 6.45) is 0. The Morgan fingerprint density at radius 2 is 0.857 bits per heavy atom. The predicted octanol–water partition coefficient (Wildman–Crippen LogP) is 4.24. The maximum Gasteiger partial charge on any atom is 0.194 e. The SMILES string of the molecule is Fc1cc(COCc2cc(F)c(F)c(F)c2)cc(F)c1F. The van der Waals surface area contributed by atoms with Crippen molar-refractivity contribution < 1.29 is 31.1 Å². The topological polar surface area (TPSA) is 9.23 Å². The highest BCUT2D eigenvalue weighted by Crippen LogP contribution is 2.17. The van der Waals surface area contributed by atoms with Crippen molar-refractivity contribution in [3.05, 3.63) is 70.3 Å². The number of ether oxygens (including phenoxy) is 1. The minimum atomic E-state index is -1.60. The molecule has 0 unspecified atom stereocenters. The van der Waals surface area contributed by atoms with Crippen LogP contribution in [0.1, 0.15) is 11.1 Å². The summed E-state index contributed by atoms with van der Waals surface area (Å²) in [7, 11) is 0. The Hall–Kier alpha value is -2.02. The van der Waals surface area contributed by atoms with Crippen LogP contribution in [0.4, 0.5) is 26.3 Å². The fourth-order valence-corrected chi connectivity index (χ4v) is 1.67. The van der Waals surface area contributed by atoms with E-state index in [-0.39, 0.29) is 24.3 Å². The summed E-state index contributed by atoms with van der Waals surface area (Å²) < 4.78 is 82.1. The molecule has 0 heterocycles. The van der Waals surface area contributed by atoms with E-state index < -0.39 is 34.9 Å². The molecule has 0 spiro atoms. The maximum atomic E-state index is 12.9. The van der Waals surface area contributed by atoms with Crippen LogP contribution in [0, 0.1) is 34.9 Å². The lowest BCUT2D eigenvalue weighted by Crippen LogP contribution is -2.00. The second-order valence-corrected chi connectivity index (χ2v) is 4.24. The summed E-state index contributed by atoms with van der Waals surface area (Å²) in [5.41, 5.74) is 0.0175. The minimum absolute atomic E-state index is 0.00876. The number of halogens is 6. The van der Waals surface area contributed by atoms with E-state index in [1.54, 1.807) is 0 Å². The third-order valence-corrected chi connectivity index (χ3v) is 2.62. The minimum Gasteiger partial charge on any atom is -0.372 e. The van der Waals surface area contributed by atoms with E-state index in [4.69, 9.17) is 4.74 Å². The molecule has 2 aromatic carbocycles. The third-order valence-electron chi connectivity index (χ3n) is 2.62. The number of rotatable bonds is 4. The molecule has 0 aliphatic carbocycles. The molecule has 0 aliphatic heterocycles. The highest BCUT2D eigenvalue weighted by atomic mass is 19.2. The largest absolute Gasteiger partial charge is 0.372 e. The van der Waals surface area contributed by atoms with Crippen LogP contribution < -0.4 is 0 Å². The van der Waals surface area contributed by atoms with Crippen LogP contribution in [0.3, 0.4) is 0 Å². The number of hydrogen-bond donors (Lipinski definition) is 0. The van der Waals surface area contributed by atoms with Crippen LogP contribution in [0.5, 0.6) is 0 Å². The smallest absolute Gasteiger partial charge is 0.194 e. The van der Waals surface area contributed by atoms with Crippen molar-refractivity contribution in [1.82, 2.24) is 0 Å². The molecule has 21 heavy (non-hydrogen) atoms. The Labute approximate surface area is 115 Å². The molecule has 0 aliphatic rings. The highest BCUT2D eigenvalue weighted by molar-refractivity contribution is 5.20. The lowest BCUT2D eigenvalue weighted by atomic mass is 10.2. The van der Waals surface area contributed by atoms with Crippen molar-refractivity contribution in [2.24, 2.45) is 0 Å². The van der Waals surface area contributed by atoms with E-state index in [1.807, 2.05) is 0 Å². The molecule has 0 amide bonds. The summed E-state index contributed by atoms with van der Waals surface area (Å²) in [5, 5.41) is 0. The number of benzene rings is 2. The predicted molar refractivity (Wildman–Crippen MR) is 61.1 cm³/mol.